The van der Waals surface area contributed by atoms with Crippen molar-refractivity contribution >= 4 is 11.8 Å². The summed E-state index contributed by atoms with van der Waals surface area (Å²) in [6.45, 7) is 0. The van der Waals surface area contributed by atoms with E-state index < -0.39 is 23.6 Å². The van der Waals surface area contributed by atoms with Crippen molar-refractivity contribution in [1.29, 1.82) is 0 Å². The van der Waals surface area contributed by atoms with E-state index in [1.807, 2.05) is 0 Å². The van der Waals surface area contributed by atoms with Crippen LogP contribution in [-0.2, 0) is 6.18 Å². The van der Waals surface area contributed by atoms with Crippen molar-refractivity contribution in [3.05, 3.63) is 83.6 Å². The number of aromatic nitrogens is 1. The van der Waals surface area contributed by atoms with E-state index in [-0.39, 0.29) is 17.2 Å². The van der Waals surface area contributed by atoms with Crippen LogP contribution in [0.2, 0.25) is 0 Å². The third kappa shape index (κ3) is 5.72. The smallest absolute Gasteiger partial charge is 0.417 e. The van der Waals surface area contributed by atoms with E-state index in [2.05, 4.69) is 15.8 Å². The summed E-state index contributed by atoms with van der Waals surface area (Å²) in [4.78, 5) is 27.8. The molecule has 0 saturated carbocycles. The van der Waals surface area contributed by atoms with Crippen LogP contribution in [0, 0.1) is 0 Å². The van der Waals surface area contributed by atoms with Gasteiger partial charge < -0.3 is 9.47 Å². The van der Waals surface area contributed by atoms with Crippen molar-refractivity contribution < 1.29 is 32.2 Å². The minimum Gasteiger partial charge on any atom is -0.497 e. The fourth-order valence-corrected chi connectivity index (χ4v) is 2.40. The number of carbonyl (C=O) groups excluding carboxylic acids is 2. The van der Waals surface area contributed by atoms with Crippen molar-refractivity contribution in [2.45, 2.75) is 6.18 Å². The number of nitrogens with one attached hydrogen (secondary N) is 2. The maximum atomic E-state index is 12.6. The standard InChI is InChI=1S/C21H16F3N3O4/c1-30-16-7-2-13(3-8-16)19(28)26-27-20(29)14-4-9-17(10-5-14)31-18-11-6-15(12-25-18)21(22,23)24/h2-12H,1H3,(H,26,28)(H,27,29). The van der Waals surface area contributed by atoms with Gasteiger partial charge in [-0.05, 0) is 54.6 Å². The number of alkyl halides is 3. The van der Waals surface area contributed by atoms with Crippen molar-refractivity contribution in [3.63, 3.8) is 0 Å². The molecule has 1 aromatic heterocycles. The lowest BCUT2D eigenvalue weighted by atomic mass is 10.2. The molecule has 0 radical (unpaired) electrons. The number of amides is 2. The molecule has 2 N–H and O–H groups in total. The van der Waals surface area contributed by atoms with Crippen LogP contribution in [0.3, 0.4) is 0 Å². The van der Waals surface area contributed by atoms with Gasteiger partial charge in [-0.2, -0.15) is 13.2 Å². The van der Waals surface area contributed by atoms with Crippen LogP contribution in [0.1, 0.15) is 26.3 Å². The average molecular weight is 431 g/mol. The van der Waals surface area contributed by atoms with Crippen molar-refractivity contribution in [3.8, 4) is 17.4 Å². The molecule has 3 rings (SSSR count). The molecule has 2 amide bonds. The highest BCUT2D eigenvalue weighted by molar-refractivity contribution is 5.99. The maximum absolute atomic E-state index is 12.6. The number of carbonyl (C=O) groups is 2. The normalized spacial score (nSPS) is 10.8. The lowest BCUT2D eigenvalue weighted by Crippen LogP contribution is -2.41. The molecule has 0 aliphatic carbocycles. The first-order chi connectivity index (χ1) is 14.8. The zero-order valence-corrected chi connectivity index (χ0v) is 16.1. The third-order valence-electron chi connectivity index (χ3n) is 4.04. The molecule has 0 aliphatic rings. The number of hydrazine groups is 1. The van der Waals surface area contributed by atoms with Gasteiger partial charge in [-0.15, -0.1) is 0 Å². The number of ether oxygens (including phenoxy) is 2. The van der Waals surface area contributed by atoms with E-state index in [9.17, 15) is 22.8 Å². The minimum absolute atomic E-state index is 0.0306. The van der Waals surface area contributed by atoms with Crippen LogP contribution in [0.15, 0.2) is 66.9 Å². The van der Waals surface area contributed by atoms with E-state index in [1.54, 1.807) is 24.3 Å². The Morgan fingerprint density at radius 1 is 0.806 bits per heavy atom. The Bertz CT molecular complexity index is 1050. The van der Waals surface area contributed by atoms with Gasteiger partial charge in [0.2, 0.25) is 5.88 Å². The molecule has 0 spiro atoms. The molecule has 160 valence electrons. The van der Waals surface area contributed by atoms with Crippen LogP contribution < -0.4 is 20.3 Å². The number of hydrogen-bond donors (Lipinski definition) is 2. The van der Waals surface area contributed by atoms with Gasteiger partial charge in [0.1, 0.15) is 11.5 Å². The van der Waals surface area contributed by atoms with E-state index in [0.29, 0.717) is 17.5 Å². The van der Waals surface area contributed by atoms with E-state index in [0.717, 1.165) is 12.1 Å². The number of hydrogen-bond acceptors (Lipinski definition) is 5. The molecule has 31 heavy (non-hydrogen) atoms. The van der Waals surface area contributed by atoms with Gasteiger partial charge in [0.25, 0.3) is 11.8 Å². The summed E-state index contributed by atoms with van der Waals surface area (Å²) < 4.78 is 48.0. The molecule has 0 saturated heterocycles. The summed E-state index contributed by atoms with van der Waals surface area (Å²) in [6.07, 6.45) is -3.81. The number of nitrogens with zero attached hydrogens (tertiary/aromatic N) is 1. The Morgan fingerprint density at radius 3 is 1.74 bits per heavy atom. The Kier molecular flexibility index (Phi) is 6.39. The van der Waals surface area contributed by atoms with Gasteiger partial charge >= 0.3 is 6.18 Å². The highest BCUT2D eigenvalue weighted by Gasteiger charge is 2.30. The fourth-order valence-electron chi connectivity index (χ4n) is 2.40. The van der Waals surface area contributed by atoms with Crippen LogP contribution in [0.5, 0.6) is 17.4 Å². The highest BCUT2D eigenvalue weighted by atomic mass is 19.4. The third-order valence-corrected chi connectivity index (χ3v) is 4.04. The first-order valence-corrected chi connectivity index (χ1v) is 8.82. The molecule has 10 heteroatoms. The van der Waals surface area contributed by atoms with Crippen molar-refractivity contribution in [1.82, 2.24) is 15.8 Å². The second-order valence-corrected chi connectivity index (χ2v) is 6.15. The number of benzene rings is 2. The summed E-state index contributed by atoms with van der Waals surface area (Å²) in [7, 11) is 1.51. The zero-order valence-electron chi connectivity index (χ0n) is 16.1. The zero-order chi connectivity index (χ0) is 22.4. The second kappa shape index (κ2) is 9.16. The maximum Gasteiger partial charge on any atom is 0.417 e. The molecular formula is C21H16F3N3O4. The predicted octanol–water partition coefficient (Wildman–Crippen LogP) is 3.98. The summed E-state index contributed by atoms with van der Waals surface area (Å²) in [6, 6.07) is 14.0. The molecule has 0 aliphatic heterocycles. The number of methoxy groups -OCH3 is 1. The minimum atomic E-state index is -4.48. The molecule has 7 nitrogen and oxygen atoms in total. The molecule has 0 bridgehead atoms. The Labute approximate surface area is 174 Å². The monoisotopic (exact) mass is 431 g/mol. The highest BCUT2D eigenvalue weighted by Crippen LogP contribution is 2.30. The SMILES string of the molecule is COc1ccc(C(=O)NNC(=O)c2ccc(Oc3ccc(C(F)(F)F)cn3)cc2)cc1. The van der Waals surface area contributed by atoms with E-state index >= 15 is 0 Å². The van der Waals surface area contributed by atoms with Crippen molar-refractivity contribution in [2.75, 3.05) is 7.11 Å². The molecule has 0 fully saturated rings. The van der Waals surface area contributed by atoms with Crippen LogP contribution in [-0.4, -0.2) is 23.9 Å². The predicted molar refractivity (Wildman–Crippen MR) is 104 cm³/mol. The molecule has 3 aromatic rings. The summed E-state index contributed by atoms with van der Waals surface area (Å²) >= 11 is 0. The quantitative estimate of drug-likeness (QED) is 0.597. The van der Waals surface area contributed by atoms with Crippen molar-refractivity contribution in [2.24, 2.45) is 0 Å². The Balaban J connectivity index is 1.55. The van der Waals surface area contributed by atoms with Crippen LogP contribution in [0.25, 0.3) is 0 Å². The lowest BCUT2D eigenvalue weighted by molar-refractivity contribution is -0.137. The average Bonchev–Trinajstić information content (AvgIpc) is 2.77. The summed E-state index contributed by atoms with van der Waals surface area (Å²) in [5.41, 5.74) is 4.25. The van der Waals surface area contributed by atoms with Crippen LogP contribution in [0.4, 0.5) is 13.2 Å². The Hall–Kier alpha value is -4.08. The number of pyridine rings is 1. The van der Waals surface area contributed by atoms with Gasteiger partial charge in [0.15, 0.2) is 0 Å². The fraction of sp³-hybridized carbons (Fsp3) is 0.0952. The molecule has 0 atom stereocenters. The van der Waals surface area contributed by atoms with Gasteiger partial charge in [0, 0.05) is 23.4 Å². The number of rotatable bonds is 5. The molecule has 2 aromatic carbocycles. The Morgan fingerprint density at radius 2 is 1.32 bits per heavy atom. The van der Waals surface area contributed by atoms with Gasteiger partial charge in [0.05, 0.1) is 12.7 Å². The first kappa shape index (κ1) is 21.6. The number of halogens is 3. The summed E-state index contributed by atoms with van der Waals surface area (Å²) in [5.74, 6) is -0.247. The van der Waals surface area contributed by atoms with E-state index in [1.165, 1.54) is 31.4 Å². The van der Waals surface area contributed by atoms with Gasteiger partial charge in [-0.3, -0.25) is 20.4 Å². The molecular weight excluding hydrogens is 415 g/mol. The lowest BCUT2D eigenvalue weighted by Gasteiger charge is -2.09. The van der Waals surface area contributed by atoms with E-state index in [4.69, 9.17) is 9.47 Å². The summed E-state index contributed by atoms with van der Waals surface area (Å²) in [5, 5.41) is 0. The van der Waals surface area contributed by atoms with Gasteiger partial charge in [-0.25, -0.2) is 4.98 Å². The largest absolute Gasteiger partial charge is 0.497 e. The topological polar surface area (TPSA) is 89.6 Å². The molecule has 0 unspecified atom stereocenters. The molecule has 1 heterocycles. The first-order valence-electron chi connectivity index (χ1n) is 8.82. The second-order valence-electron chi connectivity index (χ2n) is 6.15. The van der Waals surface area contributed by atoms with Gasteiger partial charge in [-0.1, -0.05) is 0 Å². The van der Waals surface area contributed by atoms with Crippen LogP contribution >= 0.6 is 0 Å².